The lowest BCUT2D eigenvalue weighted by molar-refractivity contribution is -0.697. The lowest BCUT2D eigenvalue weighted by Gasteiger charge is -2.03. The van der Waals surface area contributed by atoms with Gasteiger partial charge in [-0.15, -0.1) is 0 Å². The van der Waals surface area contributed by atoms with Gasteiger partial charge < -0.3 is 0 Å². The topological polar surface area (TPSA) is 3.88 Å². The van der Waals surface area contributed by atoms with Crippen molar-refractivity contribution in [2.45, 2.75) is 110 Å². The second-order valence-corrected chi connectivity index (χ2v) is 7.22. The standard InChI is InChI=1S/C22H40N/c1-3-4-5-6-7-8-9-10-11-12-13-14-15-16-19-23-20-17-18-22(2)21-23/h17-18,20-21H,3-16,19H2,1-2H3/q+1. The van der Waals surface area contributed by atoms with E-state index in [0.29, 0.717) is 0 Å². The summed E-state index contributed by atoms with van der Waals surface area (Å²) in [6.45, 7) is 5.64. The Labute approximate surface area is 145 Å². The third-order valence-corrected chi connectivity index (χ3v) is 4.78. The molecule has 0 radical (unpaired) electrons. The summed E-state index contributed by atoms with van der Waals surface area (Å²) in [6, 6.07) is 4.32. The zero-order chi connectivity index (χ0) is 16.6. The van der Waals surface area contributed by atoms with Crippen molar-refractivity contribution in [2.24, 2.45) is 0 Å². The number of unbranched alkanes of at least 4 members (excludes halogenated alkanes) is 13. The molecule has 1 aromatic rings. The fourth-order valence-corrected chi connectivity index (χ4v) is 3.28. The lowest BCUT2D eigenvalue weighted by Crippen LogP contribution is -2.32. The van der Waals surface area contributed by atoms with Crippen molar-refractivity contribution in [1.82, 2.24) is 0 Å². The second-order valence-electron chi connectivity index (χ2n) is 7.22. The Morgan fingerprint density at radius 2 is 1.17 bits per heavy atom. The quantitative estimate of drug-likeness (QED) is 0.248. The SMILES string of the molecule is CCCCCCCCCCCCCCCC[n+]1cccc(C)c1. The molecule has 0 saturated heterocycles. The fourth-order valence-electron chi connectivity index (χ4n) is 3.28. The first kappa shape index (κ1) is 20.2. The third kappa shape index (κ3) is 12.3. The van der Waals surface area contributed by atoms with Crippen LogP contribution in [0.4, 0.5) is 0 Å². The number of hydrogen-bond acceptors (Lipinski definition) is 0. The van der Waals surface area contributed by atoms with Crippen molar-refractivity contribution < 1.29 is 4.57 Å². The number of rotatable bonds is 15. The van der Waals surface area contributed by atoms with Crippen LogP contribution < -0.4 is 4.57 Å². The Balaban J connectivity index is 1.78. The minimum Gasteiger partial charge on any atom is -0.205 e. The molecule has 0 bridgehead atoms. The normalized spacial score (nSPS) is 11.0. The number of aryl methyl sites for hydroxylation is 2. The Bertz CT molecular complexity index is 372. The zero-order valence-corrected chi connectivity index (χ0v) is 15.9. The van der Waals surface area contributed by atoms with Gasteiger partial charge in [0, 0.05) is 18.1 Å². The smallest absolute Gasteiger partial charge is 0.171 e. The van der Waals surface area contributed by atoms with Gasteiger partial charge in [0.1, 0.15) is 6.54 Å². The van der Waals surface area contributed by atoms with Gasteiger partial charge in [-0.25, -0.2) is 4.57 Å². The van der Waals surface area contributed by atoms with Gasteiger partial charge in [0.25, 0.3) is 0 Å². The van der Waals surface area contributed by atoms with Crippen molar-refractivity contribution in [3.63, 3.8) is 0 Å². The van der Waals surface area contributed by atoms with Crippen molar-refractivity contribution in [3.05, 3.63) is 30.1 Å². The van der Waals surface area contributed by atoms with E-state index in [4.69, 9.17) is 0 Å². The van der Waals surface area contributed by atoms with Crippen LogP contribution in [-0.2, 0) is 6.54 Å². The molecule has 1 heteroatoms. The van der Waals surface area contributed by atoms with E-state index in [1.54, 1.807) is 0 Å². The maximum atomic E-state index is 2.33. The van der Waals surface area contributed by atoms with Gasteiger partial charge in [-0.05, 0) is 19.4 Å². The predicted octanol–water partition coefficient (Wildman–Crippen LogP) is 6.76. The van der Waals surface area contributed by atoms with Crippen LogP contribution in [0.1, 0.15) is 102 Å². The van der Waals surface area contributed by atoms with Crippen molar-refractivity contribution in [3.8, 4) is 0 Å². The van der Waals surface area contributed by atoms with Crippen molar-refractivity contribution >= 4 is 0 Å². The largest absolute Gasteiger partial charge is 0.205 e. The van der Waals surface area contributed by atoms with Crippen LogP contribution in [0.3, 0.4) is 0 Å². The molecule has 23 heavy (non-hydrogen) atoms. The van der Waals surface area contributed by atoms with Crippen LogP contribution in [0, 0.1) is 6.92 Å². The molecular formula is C22H40N+. The van der Waals surface area contributed by atoms with E-state index in [2.05, 4.69) is 42.9 Å². The van der Waals surface area contributed by atoms with Gasteiger partial charge >= 0.3 is 0 Å². The Kier molecular flexibility index (Phi) is 12.9. The molecule has 1 heterocycles. The Morgan fingerprint density at radius 3 is 1.65 bits per heavy atom. The van der Waals surface area contributed by atoms with Gasteiger partial charge in [-0.3, -0.25) is 0 Å². The molecule has 1 rings (SSSR count). The molecular weight excluding hydrogens is 278 g/mol. The van der Waals surface area contributed by atoms with E-state index in [1.807, 2.05) is 0 Å². The summed E-state index contributed by atoms with van der Waals surface area (Å²) in [5.74, 6) is 0. The van der Waals surface area contributed by atoms with Crippen LogP contribution >= 0.6 is 0 Å². The first-order chi connectivity index (χ1) is 11.3. The van der Waals surface area contributed by atoms with Crippen LogP contribution in [0.15, 0.2) is 24.5 Å². The number of hydrogen-bond donors (Lipinski definition) is 0. The van der Waals surface area contributed by atoms with Gasteiger partial charge in [-0.1, -0.05) is 84.0 Å². The minimum atomic E-state index is 1.18. The van der Waals surface area contributed by atoms with Crippen molar-refractivity contribution in [1.29, 1.82) is 0 Å². The minimum absolute atomic E-state index is 1.18. The number of nitrogens with zero attached hydrogens (tertiary/aromatic N) is 1. The molecule has 0 amide bonds. The predicted molar refractivity (Wildman–Crippen MR) is 102 cm³/mol. The highest BCUT2D eigenvalue weighted by atomic mass is 14.9. The van der Waals surface area contributed by atoms with Crippen LogP contribution in [0.25, 0.3) is 0 Å². The van der Waals surface area contributed by atoms with Crippen LogP contribution in [-0.4, -0.2) is 0 Å². The molecule has 0 unspecified atom stereocenters. The summed E-state index contributed by atoms with van der Waals surface area (Å²) in [5.41, 5.74) is 1.36. The molecule has 132 valence electrons. The molecule has 0 fully saturated rings. The first-order valence-corrected chi connectivity index (χ1v) is 10.3. The monoisotopic (exact) mass is 318 g/mol. The van der Waals surface area contributed by atoms with E-state index in [0.717, 1.165) is 0 Å². The molecule has 0 saturated carbocycles. The van der Waals surface area contributed by atoms with E-state index in [-0.39, 0.29) is 0 Å². The Hall–Kier alpha value is -0.850. The molecule has 0 spiro atoms. The maximum Gasteiger partial charge on any atom is 0.171 e. The van der Waals surface area contributed by atoms with Gasteiger partial charge in [0.15, 0.2) is 12.4 Å². The van der Waals surface area contributed by atoms with Gasteiger partial charge in [0.05, 0.1) is 0 Å². The summed E-state index contributed by atoms with van der Waals surface area (Å²) in [5, 5.41) is 0. The van der Waals surface area contributed by atoms with E-state index in [9.17, 15) is 0 Å². The highest BCUT2D eigenvalue weighted by molar-refractivity contribution is 5.01. The second kappa shape index (κ2) is 14.7. The lowest BCUT2D eigenvalue weighted by atomic mass is 10.0. The highest BCUT2D eigenvalue weighted by Gasteiger charge is 2.00. The molecule has 0 aliphatic heterocycles. The van der Waals surface area contributed by atoms with Crippen molar-refractivity contribution in [2.75, 3.05) is 0 Å². The molecule has 0 N–H and O–H groups in total. The molecule has 0 aliphatic rings. The number of pyridine rings is 1. The summed E-state index contributed by atoms with van der Waals surface area (Å²) in [6.07, 6.45) is 24.5. The summed E-state index contributed by atoms with van der Waals surface area (Å²) in [7, 11) is 0. The van der Waals surface area contributed by atoms with E-state index in [1.165, 1.54) is 102 Å². The summed E-state index contributed by atoms with van der Waals surface area (Å²) in [4.78, 5) is 0. The highest BCUT2D eigenvalue weighted by Crippen LogP contribution is 2.12. The van der Waals surface area contributed by atoms with Gasteiger partial charge in [0.2, 0.25) is 0 Å². The third-order valence-electron chi connectivity index (χ3n) is 4.78. The van der Waals surface area contributed by atoms with E-state index < -0.39 is 0 Å². The molecule has 0 aliphatic carbocycles. The average molecular weight is 319 g/mol. The number of aromatic nitrogens is 1. The maximum absolute atomic E-state index is 2.33. The van der Waals surface area contributed by atoms with Gasteiger partial charge in [-0.2, -0.15) is 0 Å². The summed E-state index contributed by atoms with van der Waals surface area (Å²) >= 11 is 0. The van der Waals surface area contributed by atoms with E-state index >= 15 is 0 Å². The zero-order valence-electron chi connectivity index (χ0n) is 15.9. The molecule has 0 atom stereocenters. The molecule has 0 aromatic carbocycles. The Morgan fingerprint density at radius 1 is 0.696 bits per heavy atom. The molecule has 1 nitrogen and oxygen atoms in total. The summed E-state index contributed by atoms with van der Waals surface area (Å²) < 4.78 is 2.33. The fraction of sp³-hybridized carbons (Fsp3) is 0.773. The first-order valence-electron chi connectivity index (χ1n) is 10.3. The molecule has 1 aromatic heterocycles. The average Bonchev–Trinajstić information content (AvgIpc) is 2.55. The van der Waals surface area contributed by atoms with Crippen LogP contribution in [0.2, 0.25) is 0 Å². The van der Waals surface area contributed by atoms with Crippen LogP contribution in [0.5, 0.6) is 0 Å².